The fourth-order valence-electron chi connectivity index (χ4n) is 1.92. The third-order valence-corrected chi connectivity index (χ3v) is 4.64. The Labute approximate surface area is 117 Å². The fourth-order valence-corrected chi connectivity index (χ4v) is 2.81. The van der Waals surface area contributed by atoms with Gasteiger partial charge in [0.1, 0.15) is 0 Å². The molecule has 0 aliphatic heterocycles. The van der Waals surface area contributed by atoms with Crippen molar-refractivity contribution in [2.75, 3.05) is 6.54 Å². The first kappa shape index (κ1) is 13.6. The third kappa shape index (κ3) is 2.94. The van der Waals surface area contributed by atoms with E-state index in [2.05, 4.69) is 34.9 Å². The smallest absolute Gasteiger partial charge is 0.0844 e. The van der Waals surface area contributed by atoms with Gasteiger partial charge in [0, 0.05) is 17.5 Å². The highest BCUT2D eigenvalue weighted by molar-refractivity contribution is 7.10. The van der Waals surface area contributed by atoms with Gasteiger partial charge in [-0.25, -0.2) is 0 Å². The van der Waals surface area contributed by atoms with Crippen molar-refractivity contribution >= 4 is 22.9 Å². The van der Waals surface area contributed by atoms with E-state index in [-0.39, 0.29) is 0 Å². The van der Waals surface area contributed by atoms with E-state index in [0.29, 0.717) is 6.04 Å². The molecule has 2 rings (SSSR count). The number of thiophene rings is 1. The van der Waals surface area contributed by atoms with E-state index in [9.17, 15) is 0 Å². The molecule has 5 heteroatoms. The molecule has 0 radical (unpaired) electrons. The normalized spacial score (nSPS) is 12.9. The Morgan fingerprint density at radius 1 is 1.50 bits per heavy atom. The van der Waals surface area contributed by atoms with Crippen LogP contribution in [0.15, 0.2) is 17.5 Å². The molecule has 2 heterocycles. The van der Waals surface area contributed by atoms with Crippen LogP contribution in [0.3, 0.4) is 0 Å². The van der Waals surface area contributed by atoms with E-state index in [0.717, 1.165) is 29.5 Å². The number of aryl methyl sites for hydroxylation is 1. The van der Waals surface area contributed by atoms with Crippen molar-refractivity contribution in [3.63, 3.8) is 0 Å². The zero-order valence-corrected chi connectivity index (χ0v) is 12.5. The summed E-state index contributed by atoms with van der Waals surface area (Å²) in [7, 11) is 0. The first-order valence-corrected chi connectivity index (χ1v) is 7.31. The van der Waals surface area contributed by atoms with Crippen molar-refractivity contribution < 1.29 is 0 Å². The quantitative estimate of drug-likeness (QED) is 0.909. The van der Waals surface area contributed by atoms with Crippen LogP contribution < -0.4 is 5.32 Å². The topological polar surface area (TPSA) is 29.9 Å². The van der Waals surface area contributed by atoms with E-state index in [1.165, 1.54) is 4.88 Å². The molecule has 1 atom stereocenters. The van der Waals surface area contributed by atoms with E-state index in [4.69, 9.17) is 11.6 Å². The van der Waals surface area contributed by atoms with Crippen molar-refractivity contribution in [1.82, 2.24) is 15.1 Å². The molecule has 0 aliphatic carbocycles. The lowest BCUT2D eigenvalue weighted by molar-refractivity contribution is 0.503. The Kier molecular flexibility index (Phi) is 4.43. The molecule has 98 valence electrons. The minimum absolute atomic E-state index is 0.387. The van der Waals surface area contributed by atoms with E-state index in [1.54, 1.807) is 11.3 Å². The van der Waals surface area contributed by atoms with Gasteiger partial charge in [-0.2, -0.15) is 5.10 Å². The summed E-state index contributed by atoms with van der Waals surface area (Å²) in [6.07, 6.45) is 0. The molecular weight excluding hydrogens is 266 g/mol. The second-order valence-corrected chi connectivity index (χ2v) is 5.76. The van der Waals surface area contributed by atoms with Crippen LogP contribution >= 0.6 is 22.9 Å². The molecule has 3 nitrogen and oxygen atoms in total. The summed E-state index contributed by atoms with van der Waals surface area (Å²) in [5.74, 6) is 0. The number of nitrogens with zero attached hydrogens (tertiary/aromatic N) is 2. The number of nitrogens with one attached hydrogen (secondary N) is 1. The van der Waals surface area contributed by atoms with Crippen molar-refractivity contribution in [2.45, 2.75) is 33.4 Å². The highest BCUT2D eigenvalue weighted by Crippen LogP contribution is 2.19. The maximum atomic E-state index is 6.12. The van der Waals surface area contributed by atoms with Crippen LogP contribution in [-0.2, 0) is 6.54 Å². The van der Waals surface area contributed by atoms with E-state index >= 15 is 0 Å². The molecule has 0 spiro atoms. The number of rotatable bonds is 5. The van der Waals surface area contributed by atoms with Gasteiger partial charge >= 0.3 is 0 Å². The first-order valence-electron chi connectivity index (χ1n) is 6.06. The molecular formula is C13H18ClN3S. The second-order valence-electron chi connectivity index (χ2n) is 4.40. The second kappa shape index (κ2) is 5.87. The number of aromatic nitrogens is 2. The average molecular weight is 284 g/mol. The van der Waals surface area contributed by atoms with Crippen molar-refractivity contribution in [1.29, 1.82) is 0 Å². The maximum absolute atomic E-state index is 6.12. The van der Waals surface area contributed by atoms with Gasteiger partial charge < -0.3 is 5.32 Å². The predicted octanol–water partition coefficient (Wildman–Crippen LogP) is 3.57. The van der Waals surface area contributed by atoms with Crippen molar-refractivity contribution in [2.24, 2.45) is 0 Å². The van der Waals surface area contributed by atoms with Gasteiger partial charge in [-0.15, -0.1) is 11.3 Å². The number of hydrogen-bond acceptors (Lipinski definition) is 3. The Morgan fingerprint density at radius 2 is 2.28 bits per heavy atom. The highest BCUT2D eigenvalue weighted by Gasteiger charge is 2.09. The molecule has 0 saturated carbocycles. The van der Waals surface area contributed by atoms with E-state index < -0.39 is 0 Å². The van der Waals surface area contributed by atoms with Crippen LogP contribution in [-0.4, -0.2) is 16.3 Å². The minimum Gasteiger partial charge on any atom is -0.308 e. The summed E-state index contributed by atoms with van der Waals surface area (Å²) in [5.41, 5.74) is 1.94. The molecule has 18 heavy (non-hydrogen) atoms. The van der Waals surface area contributed by atoms with Gasteiger partial charge in [-0.1, -0.05) is 17.7 Å². The van der Waals surface area contributed by atoms with Crippen LogP contribution in [0.1, 0.15) is 29.2 Å². The molecule has 0 saturated heterocycles. The maximum Gasteiger partial charge on any atom is 0.0844 e. The van der Waals surface area contributed by atoms with Crippen LogP contribution in [0.2, 0.25) is 5.02 Å². The van der Waals surface area contributed by atoms with Crippen molar-refractivity contribution in [3.05, 3.63) is 38.8 Å². The summed E-state index contributed by atoms with van der Waals surface area (Å²) < 4.78 is 1.96. The standard InChI is InChI=1S/C13H18ClN3S/c1-9(12-5-4-8-18-12)15-6-7-17-11(3)13(14)10(2)16-17/h4-5,8-9,15H,6-7H2,1-3H3. The predicted molar refractivity (Wildman–Crippen MR) is 77.4 cm³/mol. The monoisotopic (exact) mass is 283 g/mol. The summed E-state index contributed by atoms with van der Waals surface area (Å²) >= 11 is 7.90. The van der Waals surface area contributed by atoms with Gasteiger partial charge in [0.25, 0.3) is 0 Å². The largest absolute Gasteiger partial charge is 0.308 e. The van der Waals surface area contributed by atoms with Crippen LogP contribution in [0, 0.1) is 13.8 Å². The number of halogens is 1. The average Bonchev–Trinajstić information content (AvgIpc) is 2.95. The molecule has 1 unspecified atom stereocenters. The summed E-state index contributed by atoms with van der Waals surface area (Å²) in [6.45, 7) is 7.85. The van der Waals surface area contributed by atoms with Crippen LogP contribution in [0.5, 0.6) is 0 Å². The molecule has 1 N–H and O–H groups in total. The molecule has 2 aromatic heterocycles. The zero-order chi connectivity index (χ0) is 13.1. The van der Waals surface area contributed by atoms with Gasteiger partial charge in [-0.05, 0) is 32.2 Å². The zero-order valence-electron chi connectivity index (χ0n) is 10.9. The lowest BCUT2D eigenvalue weighted by Crippen LogP contribution is -2.23. The Hall–Kier alpha value is -0.840. The summed E-state index contributed by atoms with van der Waals surface area (Å²) in [4.78, 5) is 1.36. The molecule has 0 amide bonds. The SMILES string of the molecule is Cc1nn(CCNC(C)c2cccs2)c(C)c1Cl. The molecule has 0 aromatic carbocycles. The fraction of sp³-hybridized carbons (Fsp3) is 0.462. The minimum atomic E-state index is 0.387. The number of hydrogen-bond donors (Lipinski definition) is 1. The van der Waals surface area contributed by atoms with Gasteiger partial charge in [0.2, 0.25) is 0 Å². The van der Waals surface area contributed by atoms with Crippen molar-refractivity contribution in [3.8, 4) is 0 Å². The lowest BCUT2D eigenvalue weighted by atomic mass is 10.3. The van der Waals surface area contributed by atoms with Gasteiger partial charge in [0.15, 0.2) is 0 Å². The summed E-state index contributed by atoms with van der Waals surface area (Å²) in [5, 5.41) is 10.8. The molecule has 0 bridgehead atoms. The Bertz CT molecular complexity index is 505. The van der Waals surface area contributed by atoms with Gasteiger partial charge in [0.05, 0.1) is 23.0 Å². The third-order valence-electron chi connectivity index (χ3n) is 3.04. The Balaban J connectivity index is 1.87. The first-order chi connectivity index (χ1) is 8.59. The Morgan fingerprint density at radius 3 is 2.83 bits per heavy atom. The molecule has 0 fully saturated rings. The van der Waals surface area contributed by atoms with Crippen LogP contribution in [0.25, 0.3) is 0 Å². The summed E-state index contributed by atoms with van der Waals surface area (Å²) in [6, 6.07) is 4.62. The molecule has 0 aliphatic rings. The molecule has 2 aromatic rings. The van der Waals surface area contributed by atoms with Gasteiger partial charge in [-0.3, -0.25) is 4.68 Å². The lowest BCUT2D eigenvalue weighted by Gasteiger charge is -2.12. The van der Waals surface area contributed by atoms with E-state index in [1.807, 2.05) is 18.5 Å². The van der Waals surface area contributed by atoms with Crippen LogP contribution in [0.4, 0.5) is 0 Å². The highest BCUT2D eigenvalue weighted by atomic mass is 35.5.